The highest BCUT2D eigenvalue weighted by molar-refractivity contribution is 5.48. The minimum absolute atomic E-state index is 0.478. The van der Waals surface area contributed by atoms with E-state index in [1.54, 1.807) is 0 Å². The second-order valence-electron chi connectivity index (χ2n) is 6.10. The molecule has 0 heterocycles. The molecule has 2 heteroatoms. The van der Waals surface area contributed by atoms with Crippen LogP contribution < -0.4 is 10.1 Å². The molecule has 0 spiro atoms. The van der Waals surface area contributed by atoms with Crippen molar-refractivity contribution in [2.45, 2.75) is 33.7 Å². The molecule has 2 aromatic carbocycles. The minimum atomic E-state index is 0.478. The molecule has 0 aliphatic rings. The molecule has 0 aromatic heterocycles. The maximum Gasteiger partial charge on any atom is 0.127 e. The average Bonchev–Trinajstić information content (AvgIpc) is 2.47. The topological polar surface area (TPSA) is 21.3 Å². The molecule has 0 aliphatic heterocycles. The molecule has 2 rings (SSSR count). The van der Waals surface area contributed by atoms with E-state index in [0.717, 1.165) is 17.2 Å². The van der Waals surface area contributed by atoms with Gasteiger partial charge in [-0.3, -0.25) is 0 Å². The first-order valence-corrected chi connectivity index (χ1v) is 7.66. The fraction of sp³-hybridized carbons (Fsp3) is 0.368. The molecule has 0 amide bonds. The Bertz CT molecular complexity index is 523. The summed E-state index contributed by atoms with van der Waals surface area (Å²) in [6.07, 6.45) is 0. The fourth-order valence-corrected chi connectivity index (χ4v) is 2.54. The number of benzene rings is 2. The van der Waals surface area contributed by atoms with Gasteiger partial charge >= 0.3 is 0 Å². The molecule has 21 heavy (non-hydrogen) atoms. The summed E-state index contributed by atoms with van der Waals surface area (Å²) in [6, 6.07) is 18.5. The summed E-state index contributed by atoms with van der Waals surface area (Å²) < 4.78 is 5.81. The molecule has 0 saturated heterocycles. The van der Waals surface area contributed by atoms with Crippen LogP contribution in [-0.4, -0.2) is 6.04 Å². The quantitative estimate of drug-likeness (QED) is 0.748. The van der Waals surface area contributed by atoms with E-state index in [4.69, 9.17) is 4.74 Å². The Morgan fingerprint density at radius 3 is 1.76 bits per heavy atom. The molecular formula is C19H25NO. The predicted molar refractivity (Wildman–Crippen MR) is 90.0 cm³/mol. The van der Waals surface area contributed by atoms with Crippen LogP contribution in [0.5, 0.6) is 11.5 Å². The zero-order valence-electron chi connectivity index (χ0n) is 13.3. The van der Waals surface area contributed by atoms with E-state index in [1.807, 2.05) is 42.5 Å². The second kappa shape index (κ2) is 7.16. The van der Waals surface area contributed by atoms with Crippen molar-refractivity contribution in [1.82, 2.24) is 0 Å². The van der Waals surface area contributed by atoms with E-state index in [0.29, 0.717) is 17.9 Å². The van der Waals surface area contributed by atoms with Gasteiger partial charge in [0.25, 0.3) is 0 Å². The molecule has 0 unspecified atom stereocenters. The molecule has 1 N–H and O–H groups in total. The van der Waals surface area contributed by atoms with Gasteiger partial charge in [-0.25, -0.2) is 0 Å². The van der Waals surface area contributed by atoms with Crippen molar-refractivity contribution < 1.29 is 4.74 Å². The van der Waals surface area contributed by atoms with Crippen molar-refractivity contribution in [3.8, 4) is 11.5 Å². The Morgan fingerprint density at radius 2 is 1.24 bits per heavy atom. The Balaban J connectivity index is 2.02. The van der Waals surface area contributed by atoms with E-state index < -0.39 is 0 Å². The van der Waals surface area contributed by atoms with Gasteiger partial charge in [0.1, 0.15) is 11.5 Å². The van der Waals surface area contributed by atoms with Crippen LogP contribution >= 0.6 is 0 Å². The molecule has 0 fully saturated rings. The normalized spacial score (nSPS) is 11.2. The highest BCUT2D eigenvalue weighted by Gasteiger charge is 2.16. The standard InChI is InChI=1S/C19H25NO/c1-14(2)19(15(3)4)20-16-10-12-18(13-11-16)21-17-8-6-5-7-9-17/h5-15,19-20H,1-4H3. The number of anilines is 1. The van der Waals surface area contributed by atoms with Gasteiger partial charge in [-0.05, 0) is 48.2 Å². The van der Waals surface area contributed by atoms with Gasteiger partial charge in [-0.15, -0.1) is 0 Å². The van der Waals surface area contributed by atoms with Gasteiger partial charge in [0.05, 0.1) is 0 Å². The van der Waals surface area contributed by atoms with Crippen LogP contribution in [0.25, 0.3) is 0 Å². The molecule has 2 aromatic rings. The number of para-hydroxylation sites is 1. The molecule has 0 atom stereocenters. The monoisotopic (exact) mass is 283 g/mol. The Hall–Kier alpha value is -1.96. The van der Waals surface area contributed by atoms with Crippen LogP contribution in [0, 0.1) is 11.8 Å². The molecule has 2 nitrogen and oxygen atoms in total. The van der Waals surface area contributed by atoms with Crippen molar-refractivity contribution in [3.05, 3.63) is 54.6 Å². The van der Waals surface area contributed by atoms with Gasteiger partial charge in [0, 0.05) is 11.7 Å². The minimum Gasteiger partial charge on any atom is -0.457 e. The smallest absolute Gasteiger partial charge is 0.127 e. The van der Waals surface area contributed by atoms with Gasteiger partial charge < -0.3 is 10.1 Å². The number of ether oxygens (including phenoxy) is 1. The first kappa shape index (κ1) is 15.4. The summed E-state index contributed by atoms with van der Waals surface area (Å²) in [6.45, 7) is 9.02. The third kappa shape index (κ3) is 4.52. The number of hydrogen-bond acceptors (Lipinski definition) is 2. The number of hydrogen-bond donors (Lipinski definition) is 1. The van der Waals surface area contributed by atoms with Crippen LogP contribution in [0.4, 0.5) is 5.69 Å². The molecule has 0 aliphatic carbocycles. The van der Waals surface area contributed by atoms with Crippen LogP contribution in [0.2, 0.25) is 0 Å². The highest BCUT2D eigenvalue weighted by Crippen LogP contribution is 2.24. The molecular weight excluding hydrogens is 258 g/mol. The van der Waals surface area contributed by atoms with E-state index in [1.165, 1.54) is 0 Å². The lowest BCUT2D eigenvalue weighted by atomic mass is 9.93. The van der Waals surface area contributed by atoms with Crippen molar-refractivity contribution in [1.29, 1.82) is 0 Å². The maximum atomic E-state index is 5.81. The van der Waals surface area contributed by atoms with Crippen molar-refractivity contribution in [2.24, 2.45) is 11.8 Å². The molecule has 0 bridgehead atoms. The SMILES string of the molecule is CC(C)C(Nc1ccc(Oc2ccccc2)cc1)C(C)C. The summed E-state index contributed by atoms with van der Waals surface area (Å²) in [7, 11) is 0. The van der Waals surface area contributed by atoms with Crippen molar-refractivity contribution >= 4 is 5.69 Å². The predicted octanol–water partition coefficient (Wildman–Crippen LogP) is 5.57. The van der Waals surface area contributed by atoms with Crippen LogP contribution in [0.3, 0.4) is 0 Å². The lowest BCUT2D eigenvalue weighted by Crippen LogP contribution is -2.30. The second-order valence-corrected chi connectivity index (χ2v) is 6.10. The van der Waals surface area contributed by atoms with Gasteiger partial charge in [0.15, 0.2) is 0 Å². The van der Waals surface area contributed by atoms with Crippen LogP contribution in [0.1, 0.15) is 27.7 Å². The summed E-state index contributed by atoms with van der Waals surface area (Å²) in [4.78, 5) is 0. The number of nitrogens with one attached hydrogen (secondary N) is 1. The first-order valence-electron chi connectivity index (χ1n) is 7.66. The fourth-order valence-electron chi connectivity index (χ4n) is 2.54. The summed E-state index contributed by atoms with van der Waals surface area (Å²) in [5, 5.41) is 3.61. The largest absolute Gasteiger partial charge is 0.457 e. The molecule has 0 saturated carbocycles. The van der Waals surface area contributed by atoms with Crippen molar-refractivity contribution in [2.75, 3.05) is 5.32 Å². The Labute approximate surface area is 128 Å². The number of rotatable bonds is 6. The summed E-state index contributed by atoms with van der Waals surface area (Å²) >= 11 is 0. The van der Waals surface area contributed by atoms with E-state index in [9.17, 15) is 0 Å². The molecule has 0 radical (unpaired) electrons. The summed E-state index contributed by atoms with van der Waals surface area (Å²) in [5.41, 5.74) is 1.14. The third-order valence-corrected chi connectivity index (χ3v) is 3.60. The lowest BCUT2D eigenvalue weighted by Gasteiger charge is -2.27. The van der Waals surface area contributed by atoms with Gasteiger partial charge in [-0.2, -0.15) is 0 Å². The van der Waals surface area contributed by atoms with Gasteiger partial charge in [-0.1, -0.05) is 45.9 Å². The Morgan fingerprint density at radius 1 is 0.714 bits per heavy atom. The first-order chi connectivity index (χ1) is 10.1. The summed E-state index contributed by atoms with van der Waals surface area (Å²) in [5.74, 6) is 2.92. The highest BCUT2D eigenvalue weighted by atomic mass is 16.5. The van der Waals surface area contributed by atoms with Crippen LogP contribution in [-0.2, 0) is 0 Å². The van der Waals surface area contributed by atoms with Gasteiger partial charge in [0.2, 0.25) is 0 Å². The zero-order valence-corrected chi connectivity index (χ0v) is 13.3. The van der Waals surface area contributed by atoms with E-state index >= 15 is 0 Å². The average molecular weight is 283 g/mol. The molecule has 112 valence electrons. The van der Waals surface area contributed by atoms with Crippen LogP contribution in [0.15, 0.2) is 54.6 Å². The lowest BCUT2D eigenvalue weighted by molar-refractivity contribution is 0.413. The Kier molecular flexibility index (Phi) is 5.26. The van der Waals surface area contributed by atoms with E-state index in [2.05, 4.69) is 45.1 Å². The third-order valence-electron chi connectivity index (χ3n) is 3.60. The maximum absolute atomic E-state index is 5.81. The van der Waals surface area contributed by atoms with Crippen molar-refractivity contribution in [3.63, 3.8) is 0 Å². The zero-order chi connectivity index (χ0) is 15.2. The van der Waals surface area contributed by atoms with E-state index in [-0.39, 0.29) is 0 Å².